The van der Waals surface area contributed by atoms with Gasteiger partial charge < -0.3 is 5.32 Å². The van der Waals surface area contributed by atoms with Gasteiger partial charge in [-0.3, -0.25) is 10.1 Å². The zero-order valence-electron chi connectivity index (χ0n) is 15.8. The lowest BCUT2D eigenvalue weighted by Crippen LogP contribution is -2.47. The summed E-state index contributed by atoms with van der Waals surface area (Å²) in [6, 6.07) is 1.95. The number of halogens is 2. The van der Waals surface area contributed by atoms with Gasteiger partial charge in [0.25, 0.3) is 0 Å². The Morgan fingerprint density at radius 2 is 2.11 bits per heavy atom. The van der Waals surface area contributed by atoms with E-state index in [-0.39, 0.29) is 18.0 Å². The Balaban J connectivity index is 1.40. The molecule has 0 spiro atoms. The minimum atomic E-state index is -0.534. The minimum absolute atomic E-state index is 0.0220. The van der Waals surface area contributed by atoms with E-state index in [0.29, 0.717) is 35.9 Å². The van der Waals surface area contributed by atoms with Crippen LogP contribution in [-0.4, -0.2) is 28.2 Å². The predicted molar refractivity (Wildman–Crippen MR) is 105 cm³/mol. The van der Waals surface area contributed by atoms with Crippen LogP contribution in [-0.2, 0) is 17.6 Å². The third-order valence-corrected chi connectivity index (χ3v) is 6.39. The molecule has 0 saturated heterocycles. The van der Waals surface area contributed by atoms with Crippen molar-refractivity contribution in [3.05, 3.63) is 39.9 Å². The van der Waals surface area contributed by atoms with Gasteiger partial charge in [0.05, 0.1) is 6.04 Å². The lowest BCUT2D eigenvalue weighted by molar-refractivity contribution is -0.118. The summed E-state index contributed by atoms with van der Waals surface area (Å²) in [5.74, 6) is -0.659. The number of nitrogens with one attached hydrogen (secondary N) is 2. The number of anilines is 1. The van der Waals surface area contributed by atoms with E-state index in [1.54, 1.807) is 0 Å². The van der Waals surface area contributed by atoms with Crippen LogP contribution in [0.2, 0.25) is 0 Å². The third-order valence-electron chi connectivity index (χ3n) is 5.39. The highest BCUT2D eigenvalue weighted by Crippen LogP contribution is 2.42. The van der Waals surface area contributed by atoms with E-state index in [1.807, 2.05) is 6.92 Å². The van der Waals surface area contributed by atoms with E-state index in [4.69, 9.17) is 0 Å². The Hall–Kier alpha value is -1.93. The molecule has 1 unspecified atom stereocenters. The molecule has 5 nitrogen and oxygen atoms in total. The summed E-state index contributed by atoms with van der Waals surface area (Å²) < 4.78 is 27.6. The number of fused-ring (bicyclic) bond motifs is 1. The molecule has 0 radical (unpaired) electrons. The number of hydrogen-bond acceptors (Lipinski definition) is 5. The largest absolute Gasteiger partial charge is 0.303 e. The first-order valence-electron chi connectivity index (χ1n) is 9.90. The number of hydrogen-bond donors (Lipinski definition) is 2. The highest BCUT2D eigenvalue weighted by Gasteiger charge is 2.29. The van der Waals surface area contributed by atoms with Gasteiger partial charge in [-0.25, -0.2) is 8.78 Å². The predicted octanol–water partition coefficient (Wildman–Crippen LogP) is 3.95. The number of nitrogens with zero attached hydrogens (tertiary/aromatic N) is 2. The number of aryl methyl sites for hydroxylation is 1. The van der Waals surface area contributed by atoms with E-state index in [2.05, 4.69) is 20.8 Å². The zero-order chi connectivity index (χ0) is 19.7. The highest BCUT2D eigenvalue weighted by atomic mass is 32.1. The summed E-state index contributed by atoms with van der Waals surface area (Å²) in [6.07, 6.45) is 5.61. The van der Waals surface area contributed by atoms with Crippen molar-refractivity contribution >= 4 is 22.4 Å². The van der Waals surface area contributed by atoms with Crippen molar-refractivity contribution in [2.75, 3.05) is 5.32 Å². The van der Waals surface area contributed by atoms with Crippen molar-refractivity contribution in [1.82, 2.24) is 15.5 Å². The molecule has 28 heavy (non-hydrogen) atoms. The SMILES string of the molecule is CCC[C@H](NC1CCc2cc(F)cc(F)c2C1)C(=O)Nc1nnc(C2CC2)s1. The molecule has 1 fully saturated rings. The number of carbonyl (C=O) groups is 1. The van der Waals surface area contributed by atoms with Gasteiger partial charge >= 0.3 is 0 Å². The number of amides is 1. The maximum atomic E-state index is 14.1. The molecule has 4 rings (SSSR count). The molecule has 2 N–H and O–H groups in total. The second kappa shape index (κ2) is 8.21. The molecule has 150 valence electrons. The molecular weight excluding hydrogens is 382 g/mol. The van der Waals surface area contributed by atoms with Gasteiger partial charge in [0, 0.05) is 18.0 Å². The molecular formula is C20H24F2N4OS. The average Bonchev–Trinajstić information content (AvgIpc) is 3.41. The fourth-order valence-electron chi connectivity index (χ4n) is 3.77. The van der Waals surface area contributed by atoms with Crippen LogP contribution in [0, 0.1) is 11.6 Å². The van der Waals surface area contributed by atoms with Gasteiger partial charge in [0.1, 0.15) is 16.6 Å². The molecule has 1 heterocycles. The first kappa shape index (κ1) is 19.4. The minimum Gasteiger partial charge on any atom is -0.303 e. The van der Waals surface area contributed by atoms with Crippen LogP contribution in [0.5, 0.6) is 0 Å². The Morgan fingerprint density at radius 3 is 2.86 bits per heavy atom. The molecule has 1 aromatic heterocycles. The van der Waals surface area contributed by atoms with E-state index in [1.165, 1.54) is 17.4 Å². The monoisotopic (exact) mass is 406 g/mol. The molecule has 2 atom stereocenters. The molecule has 2 aliphatic rings. The summed E-state index contributed by atoms with van der Waals surface area (Å²) in [5, 5.41) is 16.0. The molecule has 8 heteroatoms. The summed E-state index contributed by atoms with van der Waals surface area (Å²) in [5.41, 5.74) is 1.28. The maximum absolute atomic E-state index is 14.1. The Kier molecular flexibility index (Phi) is 5.68. The summed E-state index contributed by atoms with van der Waals surface area (Å²) in [4.78, 5) is 12.8. The summed E-state index contributed by atoms with van der Waals surface area (Å²) >= 11 is 1.44. The van der Waals surface area contributed by atoms with Crippen molar-refractivity contribution in [2.45, 2.75) is 69.9 Å². The molecule has 2 aliphatic carbocycles. The van der Waals surface area contributed by atoms with Crippen molar-refractivity contribution < 1.29 is 13.6 Å². The number of carbonyl (C=O) groups excluding carboxylic acids is 1. The second-order valence-electron chi connectivity index (χ2n) is 7.68. The smallest absolute Gasteiger partial charge is 0.243 e. The van der Waals surface area contributed by atoms with Crippen LogP contribution < -0.4 is 10.6 Å². The van der Waals surface area contributed by atoms with Gasteiger partial charge in [-0.15, -0.1) is 10.2 Å². The highest BCUT2D eigenvalue weighted by molar-refractivity contribution is 7.15. The topological polar surface area (TPSA) is 66.9 Å². The van der Waals surface area contributed by atoms with E-state index in [9.17, 15) is 13.6 Å². The van der Waals surface area contributed by atoms with Crippen molar-refractivity contribution in [3.63, 3.8) is 0 Å². The Morgan fingerprint density at radius 1 is 1.29 bits per heavy atom. The average molecular weight is 407 g/mol. The Labute approximate surface area is 166 Å². The number of rotatable bonds is 7. The van der Waals surface area contributed by atoms with Crippen LogP contribution in [0.25, 0.3) is 0 Å². The van der Waals surface area contributed by atoms with Crippen LogP contribution in [0.3, 0.4) is 0 Å². The van der Waals surface area contributed by atoms with Crippen LogP contribution >= 0.6 is 11.3 Å². The van der Waals surface area contributed by atoms with Crippen molar-refractivity contribution in [3.8, 4) is 0 Å². The lowest BCUT2D eigenvalue weighted by Gasteiger charge is -2.29. The number of benzene rings is 1. The Bertz CT molecular complexity index is 868. The van der Waals surface area contributed by atoms with E-state index < -0.39 is 11.6 Å². The molecule has 1 amide bonds. The first-order valence-corrected chi connectivity index (χ1v) is 10.7. The lowest BCUT2D eigenvalue weighted by atomic mass is 9.87. The fraction of sp³-hybridized carbons (Fsp3) is 0.550. The standard InChI is InChI=1S/C20H24F2N4OS/c1-2-3-17(18(27)24-20-26-25-19(28-20)11-4-5-11)23-14-7-6-12-8-13(21)9-16(22)15(12)10-14/h8-9,11,14,17,23H,2-7,10H2,1H3,(H,24,26,27)/t14?,17-/m0/s1. The summed E-state index contributed by atoms with van der Waals surface area (Å²) in [6.45, 7) is 2.02. The molecule has 0 bridgehead atoms. The van der Waals surface area contributed by atoms with Crippen LogP contribution in [0.4, 0.5) is 13.9 Å². The molecule has 0 aliphatic heterocycles. The van der Waals surface area contributed by atoms with Crippen LogP contribution in [0.1, 0.15) is 61.1 Å². The van der Waals surface area contributed by atoms with Crippen molar-refractivity contribution in [2.24, 2.45) is 0 Å². The molecule has 1 saturated carbocycles. The quantitative estimate of drug-likeness (QED) is 0.731. The van der Waals surface area contributed by atoms with Gasteiger partial charge in [-0.05, 0) is 55.7 Å². The van der Waals surface area contributed by atoms with Gasteiger partial charge in [0.15, 0.2) is 0 Å². The van der Waals surface area contributed by atoms with E-state index >= 15 is 0 Å². The van der Waals surface area contributed by atoms with Gasteiger partial charge in [-0.2, -0.15) is 0 Å². The molecule has 2 aromatic rings. The molecule has 1 aromatic carbocycles. The first-order chi connectivity index (χ1) is 13.5. The van der Waals surface area contributed by atoms with Crippen LogP contribution in [0.15, 0.2) is 12.1 Å². The third kappa shape index (κ3) is 4.38. The van der Waals surface area contributed by atoms with Crippen molar-refractivity contribution in [1.29, 1.82) is 0 Å². The second-order valence-corrected chi connectivity index (χ2v) is 8.69. The van der Waals surface area contributed by atoms with Gasteiger partial charge in [-0.1, -0.05) is 24.7 Å². The fourth-order valence-corrected chi connectivity index (χ4v) is 4.68. The van der Waals surface area contributed by atoms with E-state index in [0.717, 1.165) is 42.3 Å². The zero-order valence-corrected chi connectivity index (χ0v) is 16.6. The van der Waals surface area contributed by atoms with Gasteiger partial charge in [0.2, 0.25) is 11.0 Å². The summed E-state index contributed by atoms with van der Waals surface area (Å²) in [7, 11) is 0. The maximum Gasteiger partial charge on any atom is 0.243 e. The number of aromatic nitrogens is 2. The normalized spacial score (nSPS) is 19.9.